The number of thiazole rings is 1. The summed E-state index contributed by atoms with van der Waals surface area (Å²) in [5.41, 5.74) is 3.20. The first-order valence-corrected chi connectivity index (χ1v) is 7.42. The van der Waals surface area contributed by atoms with Gasteiger partial charge in [0.1, 0.15) is 9.88 Å². The van der Waals surface area contributed by atoms with Gasteiger partial charge in [0.2, 0.25) is 0 Å². The molecule has 0 bridgehead atoms. The lowest BCUT2D eigenvalue weighted by molar-refractivity contribution is 0.0701. The van der Waals surface area contributed by atoms with E-state index in [0.29, 0.717) is 23.2 Å². The van der Waals surface area contributed by atoms with Gasteiger partial charge in [-0.05, 0) is 31.9 Å². The van der Waals surface area contributed by atoms with Gasteiger partial charge in [-0.15, -0.1) is 11.3 Å². The molecule has 1 aliphatic heterocycles. The molecule has 0 fully saturated rings. The second-order valence-corrected chi connectivity index (χ2v) is 6.22. The van der Waals surface area contributed by atoms with E-state index in [0.717, 1.165) is 11.4 Å². The summed E-state index contributed by atoms with van der Waals surface area (Å²) in [5.74, 6) is -0.888. The van der Waals surface area contributed by atoms with Crippen LogP contribution in [0.4, 0.5) is 5.69 Å². The maximum Gasteiger partial charge on any atom is 0.347 e. The molecule has 0 spiro atoms. The van der Waals surface area contributed by atoms with Gasteiger partial charge < -0.3 is 10.0 Å². The summed E-state index contributed by atoms with van der Waals surface area (Å²) in [6.45, 7) is 4.63. The number of fused-ring (bicyclic) bond motifs is 1. The van der Waals surface area contributed by atoms with Crippen molar-refractivity contribution in [1.82, 2.24) is 4.98 Å². The summed E-state index contributed by atoms with van der Waals surface area (Å²) in [6, 6.07) is 8.80. The Morgan fingerprint density at radius 3 is 2.95 bits per heavy atom. The van der Waals surface area contributed by atoms with Gasteiger partial charge in [-0.3, -0.25) is 0 Å². The molecule has 0 radical (unpaired) electrons. The molecule has 1 unspecified atom stereocenters. The number of benzene rings is 1. The molecule has 5 heteroatoms. The van der Waals surface area contributed by atoms with Crippen LogP contribution in [-0.2, 0) is 13.0 Å². The number of hydrogen-bond acceptors (Lipinski definition) is 4. The molecule has 104 valence electrons. The molecule has 1 aromatic carbocycles. The van der Waals surface area contributed by atoms with Crippen LogP contribution < -0.4 is 4.90 Å². The first-order valence-electron chi connectivity index (χ1n) is 6.60. The molecule has 0 amide bonds. The van der Waals surface area contributed by atoms with Gasteiger partial charge in [0.05, 0.1) is 12.2 Å². The Bertz CT molecular complexity index is 666. The van der Waals surface area contributed by atoms with Crippen LogP contribution in [0.3, 0.4) is 0 Å². The fourth-order valence-corrected chi connectivity index (χ4v) is 3.64. The average Bonchev–Trinajstić information content (AvgIpc) is 2.92. The van der Waals surface area contributed by atoms with E-state index in [1.54, 1.807) is 6.92 Å². The van der Waals surface area contributed by atoms with Gasteiger partial charge >= 0.3 is 5.97 Å². The van der Waals surface area contributed by atoms with E-state index in [-0.39, 0.29) is 0 Å². The lowest BCUT2D eigenvalue weighted by atomic mass is 10.1. The van der Waals surface area contributed by atoms with Crippen molar-refractivity contribution < 1.29 is 9.90 Å². The molecule has 4 nitrogen and oxygen atoms in total. The largest absolute Gasteiger partial charge is 0.477 e. The van der Waals surface area contributed by atoms with E-state index >= 15 is 0 Å². The van der Waals surface area contributed by atoms with Crippen molar-refractivity contribution in [1.29, 1.82) is 0 Å². The zero-order valence-electron chi connectivity index (χ0n) is 11.5. The quantitative estimate of drug-likeness (QED) is 0.943. The number of hydrogen-bond donors (Lipinski definition) is 1. The van der Waals surface area contributed by atoms with E-state index in [1.807, 2.05) is 6.07 Å². The number of carboxylic acid groups (broad SMARTS) is 1. The van der Waals surface area contributed by atoms with E-state index in [2.05, 4.69) is 35.0 Å². The molecule has 3 rings (SSSR count). The predicted octanol–water partition coefficient (Wildman–Crippen LogP) is 3.10. The van der Waals surface area contributed by atoms with Gasteiger partial charge in [-0.25, -0.2) is 9.78 Å². The Kier molecular flexibility index (Phi) is 3.22. The molecule has 0 aliphatic carbocycles. The van der Waals surface area contributed by atoms with Gasteiger partial charge in [0, 0.05) is 11.7 Å². The van der Waals surface area contributed by atoms with Crippen LogP contribution in [0.15, 0.2) is 24.3 Å². The first-order chi connectivity index (χ1) is 9.56. The topological polar surface area (TPSA) is 53.4 Å². The molecule has 2 heterocycles. The lowest BCUT2D eigenvalue weighted by Gasteiger charge is -2.23. The number of rotatable bonds is 3. The third-order valence-electron chi connectivity index (χ3n) is 3.69. The van der Waals surface area contributed by atoms with E-state index < -0.39 is 5.97 Å². The highest BCUT2D eigenvalue weighted by atomic mass is 32.1. The third kappa shape index (κ3) is 2.18. The number of carboxylic acids is 1. The Labute approximate surface area is 121 Å². The highest BCUT2D eigenvalue weighted by Gasteiger charge is 2.26. The number of anilines is 1. The van der Waals surface area contributed by atoms with Gasteiger partial charge in [-0.2, -0.15) is 0 Å². The van der Waals surface area contributed by atoms with Crippen molar-refractivity contribution in [2.45, 2.75) is 32.9 Å². The molecule has 1 aromatic heterocycles. The third-order valence-corrected chi connectivity index (χ3v) is 4.82. The number of aromatic carboxylic acids is 1. The van der Waals surface area contributed by atoms with Gasteiger partial charge in [-0.1, -0.05) is 18.2 Å². The normalized spacial score (nSPS) is 17.3. The SMILES string of the molecule is Cc1nc(CN2c3ccccc3CC2C)sc1C(=O)O. The fraction of sp³-hybridized carbons (Fsp3) is 0.333. The van der Waals surface area contributed by atoms with Crippen LogP contribution >= 0.6 is 11.3 Å². The standard InChI is InChI=1S/C15H16N2O2S/c1-9-7-11-5-3-4-6-12(11)17(9)8-13-16-10(2)14(20-13)15(18)19/h3-6,9H,7-8H2,1-2H3,(H,18,19). The zero-order chi connectivity index (χ0) is 14.3. The smallest absolute Gasteiger partial charge is 0.347 e. The molecule has 1 aliphatic rings. The van der Waals surface area contributed by atoms with Crippen LogP contribution in [0.1, 0.15) is 32.9 Å². The summed E-state index contributed by atoms with van der Waals surface area (Å²) in [7, 11) is 0. The van der Waals surface area contributed by atoms with Gasteiger partial charge in [0.25, 0.3) is 0 Å². The van der Waals surface area contributed by atoms with Crippen LogP contribution in [0.25, 0.3) is 0 Å². The van der Waals surface area contributed by atoms with Crippen LogP contribution in [0, 0.1) is 6.92 Å². The molecule has 1 N–H and O–H groups in total. The van der Waals surface area contributed by atoms with Crippen molar-refractivity contribution >= 4 is 23.0 Å². The number of para-hydroxylation sites is 1. The van der Waals surface area contributed by atoms with Crippen LogP contribution in [-0.4, -0.2) is 22.1 Å². The van der Waals surface area contributed by atoms with Gasteiger partial charge in [0.15, 0.2) is 0 Å². The van der Waals surface area contributed by atoms with Crippen molar-refractivity contribution in [3.8, 4) is 0 Å². The summed E-state index contributed by atoms with van der Waals surface area (Å²) in [4.78, 5) is 18.1. The summed E-state index contributed by atoms with van der Waals surface area (Å²) in [5, 5.41) is 9.97. The molecule has 20 heavy (non-hydrogen) atoms. The van der Waals surface area contributed by atoms with Crippen LogP contribution in [0.5, 0.6) is 0 Å². The van der Waals surface area contributed by atoms with E-state index in [1.165, 1.54) is 22.6 Å². The maximum absolute atomic E-state index is 11.1. The van der Waals surface area contributed by atoms with Crippen molar-refractivity contribution in [2.24, 2.45) is 0 Å². The minimum Gasteiger partial charge on any atom is -0.477 e. The number of carbonyl (C=O) groups is 1. The minimum atomic E-state index is -0.888. The highest BCUT2D eigenvalue weighted by molar-refractivity contribution is 7.13. The van der Waals surface area contributed by atoms with E-state index in [4.69, 9.17) is 5.11 Å². The zero-order valence-corrected chi connectivity index (χ0v) is 12.3. The first kappa shape index (κ1) is 13.1. The molecular weight excluding hydrogens is 272 g/mol. The summed E-state index contributed by atoms with van der Waals surface area (Å²) in [6.07, 6.45) is 1.03. The molecule has 1 atom stereocenters. The molecule has 0 saturated heterocycles. The number of nitrogens with zero attached hydrogens (tertiary/aromatic N) is 2. The fourth-order valence-electron chi connectivity index (χ4n) is 2.73. The Morgan fingerprint density at radius 2 is 2.25 bits per heavy atom. The van der Waals surface area contributed by atoms with Crippen molar-refractivity contribution in [3.05, 3.63) is 45.4 Å². The molecule has 0 saturated carbocycles. The Balaban J connectivity index is 1.88. The highest BCUT2D eigenvalue weighted by Crippen LogP contribution is 2.33. The molecule has 2 aromatic rings. The minimum absolute atomic E-state index is 0.347. The summed E-state index contributed by atoms with van der Waals surface area (Å²) >= 11 is 1.28. The lowest BCUT2D eigenvalue weighted by Crippen LogP contribution is -2.28. The predicted molar refractivity (Wildman–Crippen MR) is 79.6 cm³/mol. The van der Waals surface area contributed by atoms with Crippen molar-refractivity contribution in [2.75, 3.05) is 4.90 Å². The second-order valence-electron chi connectivity index (χ2n) is 5.14. The maximum atomic E-state index is 11.1. The van der Waals surface area contributed by atoms with E-state index in [9.17, 15) is 4.79 Å². The molecular formula is C15H16N2O2S. The van der Waals surface area contributed by atoms with Crippen LogP contribution in [0.2, 0.25) is 0 Å². The van der Waals surface area contributed by atoms with Crippen molar-refractivity contribution in [3.63, 3.8) is 0 Å². The Morgan fingerprint density at radius 1 is 1.50 bits per heavy atom. The monoisotopic (exact) mass is 288 g/mol. The number of aryl methyl sites for hydroxylation is 1. The second kappa shape index (κ2) is 4.90. The number of aromatic nitrogens is 1. The average molecular weight is 288 g/mol. The Hall–Kier alpha value is -1.88. The summed E-state index contributed by atoms with van der Waals surface area (Å²) < 4.78 is 0.